The Bertz CT molecular complexity index is 2240. The first kappa shape index (κ1) is 93.9. The van der Waals surface area contributed by atoms with E-state index in [4.69, 9.17) is 28.4 Å². The van der Waals surface area contributed by atoms with Crippen LogP contribution in [0.1, 0.15) is 296 Å². The molecule has 0 aromatic heterocycles. The molecule has 0 bridgehead atoms. The number of allylic oxidation sites excluding steroid dienone is 16. The topological polar surface area (TPSA) is 307 Å². The third-order valence-electron chi connectivity index (χ3n) is 19.9. The van der Waals surface area contributed by atoms with Crippen LogP contribution in [0.25, 0.3) is 0 Å². The molecule has 0 saturated carbocycles. The predicted octanol–water partition coefficient (Wildman–Crippen LogP) is 14.0. The van der Waals surface area contributed by atoms with Crippen molar-refractivity contribution in [2.75, 3.05) is 26.4 Å². The summed E-state index contributed by atoms with van der Waals surface area (Å²) in [4.78, 5) is 13.5. The highest BCUT2D eigenvalue weighted by molar-refractivity contribution is 5.76. The minimum atomic E-state index is -1.98. The van der Waals surface area contributed by atoms with Crippen molar-refractivity contribution < 1.29 is 89.4 Å². The number of unbranched alkanes of at least 4 members (excludes halogenated alkanes) is 32. The van der Waals surface area contributed by atoms with E-state index in [1.54, 1.807) is 0 Å². The van der Waals surface area contributed by atoms with Crippen LogP contribution in [0, 0.1) is 0 Å². The number of hydrogen-bond donors (Lipinski definition) is 12. The number of rotatable bonds is 64. The number of nitrogens with one attached hydrogen (secondary N) is 1. The van der Waals surface area contributed by atoms with Crippen molar-refractivity contribution in [1.29, 1.82) is 0 Å². The van der Waals surface area contributed by atoms with E-state index in [9.17, 15) is 61.0 Å². The van der Waals surface area contributed by atoms with Gasteiger partial charge in [0.25, 0.3) is 0 Å². The number of ether oxygens (including phenoxy) is 6. The van der Waals surface area contributed by atoms with Gasteiger partial charge in [-0.15, -0.1) is 0 Å². The van der Waals surface area contributed by atoms with Gasteiger partial charge in [0.05, 0.1) is 38.6 Å². The highest BCUT2D eigenvalue weighted by Crippen LogP contribution is 2.33. The number of amides is 1. The van der Waals surface area contributed by atoms with E-state index in [2.05, 4.69) is 116 Å². The number of carbonyl (C=O) groups is 1. The molecular formula is C84H147NO18. The molecule has 596 valence electrons. The molecule has 0 aliphatic carbocycles. The first-order chi connectivity index (χ1) is 50.3. The SMILES string of the molecule is CC/C=C\C/C=C\C/C=C\C/C=C\C/C=C\C/C=C\C/C=C\C/C=C\CCCCCCCCCCCCCCC(=O)NC(COC1OC(CO)C(OC2OC(CO)C(OC3OC(CO)C(O)C(O)C3O)C(O)C2O)C(O)C1O)C(O)CCCCCCCCCCCCCCCCCCCCCCC. The van der Waals surface area contributed by atoms with E-state index in [1.807, 2.05) is 0 Å². The fourth-order valence-corrected chi connectivity index (χ4v) is 13.4. The first-order valence-electron chi connectivity index (χ1n) is 41.0. The van der Waals surface area contributed by atoms with Crippen LogP contribution < -0.4 is 5.32 Å². The van der Waals surface area contributed by atoms with Crippen LogP contribution in [0.15, 0.2) is 97.2 Å². The number of aliphatic hydroxyl groups excluding tert-OH is 11. The summed E-state index contributed by atoms with van der Waals surface area (Å²) in [6.45, 7) is 1.71. The predicted molar refractivity (Wildman–Crippen MR) is 411 cm³/mol. The van der Waals surface area contributed by atoms with Crippen LogP contribution in [0.5, 0.6) is 0 Å². The van der Waals surface area contributed by atoms with Crippen LogP contribution in [0.4, 0.5) is 0 Å². The van der Waals surface area contributed by atoms with Crippen LogP contribution in [0.3, 0.4) is 0 Å². The van der Waals surface area contributed by atoms with E-state index in [0.29, 0.717) is 12.8 Å². The van der Waals surface area contributed by atoms with Gasteiger partial charge < -0.3 is 89.9 Å². The van der Waals surface area contributed by atoms with E-state index >= 15 is 0 Å². The molecule has 0 radical (unpaired) electrons. The fourth-order valence-electron chi connectivity index (χ4n) is 13.4. The van der Waals surface area contributed by atoms with Gasteiger partial charge >= 0.3 is 0 Å². The molecule has 0 aromatic carbocycles. The van der Waals surface area contributed by atoms with Gasteiger partial charge in [-0.05, 0) is 77.0 Å². The standard InChI is InChI=1S/C84H147NO18/c1-3-5-7-9-11-13-15-17-19-21-23-25-26-27-28-29-30-31-32-33-34-35-36-37-38-39-40-42-44-46-48-50-52-54-56-58-60-62-72(90)85-67(68(89)61-59-57-55-53-51-49-47-45-43-41-24-22-20-18-16-14-12-10-8-6-4-2)66-98-82-78(96)75(93)80(70(64-87)100-82)103-84-79(97)76(94)81(71(65-88)101-84)102-83-77(95)74(92)73(91)69(63-86)99-83/h5,7,11,13,17,19,23,25,27-28,30-31,33-34,36-37,67-71,73-84,86-89,91-97H,3-4,6,8-10,12,14-16,18,20-22,24,26,29,32,35,38-66H2,1-2H3,(H,85,90)/b7-5-,13-11-,19-17-,25-23-,28-27-,31-30-,34-33-,37-36-. The van der Waals surface area contributed by atoms with Gasteiger partial charge in [0, 0.05) is 6.42 Å². The van der Waals surface area contributed by atoms with Crippen LogP contribution in [-0.2, 0) is 33.2 Å². The number of aliphatic hydroxyl groups is 11. The van der Waals surface area contributed by atoms with Crippen LogP contribution >= 0.6 is 0 Å². The van der Waals surface area contributed by atoms with Gasteiger partial charge in [-0.3, -0.25) is 4.79 Å². The molecule has 1 amide bonds. The van der Waals surface area contributed by atoms with Crippen molar-refractivity contribution in [3.63, 3.8) is 0 Å². The molecular weight excluding hydrogens is 1310 g/mol. The lowest BCUT2D eigenvalue weighted by Gasteiger charge is -2.48. The quantitative estimate of drug-likeness (QED) is 0.0199. The molecule has 12 N–H and O–H groups in total. The zero-order valence-electron chi connectivity index (χ0n) is 63.8. The summed E-state index contributed by atoms with van der Waals surface area (Å²) < 4.78 is 34.5. The summed E-state index contributed by atoms with van der Waals surface area (Å²) in [5.41, 5.74) is 0. The summed E-state index contributed by atoms with van der Waals surface area (Å²) in [6, 6.07) is -0.895. The zero-order chi connectivity index (χ0) is 74.6. The van der Waals surface area contributed by atoms with Gasteiger partial charge in [0.15, 0.2) is 18.9 Å². The van der Waals surface area contributed by atoms with Gasteiger partial charge in [0.2, 0.25) is 5.91 Å². The lowest BCUT2D eigenvalue weighted by molar-refractivity contribution is -0.379. The second-order valence-corrected chi connectivity index (χ2v) is 28.9. The maximum absolute atomic E-state index is 13.5. The highest BCUT2D eigenvalue weighted by atomic mass is 16.8. The molecule has 3 aliphatic heterocycles. The Hall–Kier alpha value is -3.29. The smallest absolute Gasteiger partial charge is 0.220 e. The molecule has 0 spiro atoms. The summed E-state index contributed by atoms with van der Waals surface area (Å²) in [7, 11) is 0. The normalized spacial score (nSPS) is 26.6. The monoisotopic (exact) mass is 1460 g/mol. The van der Waals surface area contributed by atoms with Crippen LogP contribution in [0.2, 0.25) is 0 Å². The lowest BCUT2D eigenvalue weighted by Crippen LogP contribution is -2.66. The van der Waals surface area contributed by atoms with Gasteiger partial charge in [-0.2, -0.15) is 0 Å². The maximum atomic E-state index is 13.5. The third kappa shape index (κ3) is 43.5. The molecule has 3 heterocycles. The first-order valence-corrected chi connectivity index (χ1v) is 41.0. The summed E-state index contributed by atoms with van der Waals surface area (Å²) in [5, 5.41) is 121. The lowest BCUT2D eigenvalue weighted by atomic mass is 9.96. The number of hydrogen-bond acceptors (Lipinski definition) is 18. The van der Waals surface area contributed by atoms with E-state index in [0.717, 1.165) is 103 Å². The third-order valence-corrected chi connectivity index (χ3v) is 19.9. The molecule has 3 rings (SSSR count). The van der Waals surface area contributed by atoms with Crippen molar-refractivity contribution in [2.45, 2.75) is 401 Å². The molecule has 3 aliphatic rings. The molecule has 3 fully saturated rings. The maximum Gasteiger partial charge on any atom is 0.220 e. The molecule has 17 atom stereocenters. The molecule has 19 nitrogen and oxygen atoms in total. The number of carbonyl (C=O) groups excluding carboxylic acids is 1. The Morgan fingerprint density at radius 3 is 1.05 bits per heavy atom. The summed E-state index contributed by atoms with van der Waals surface area (Å²) >= 11 is 0. The van der Waals surface area contributed by atoms with Crippen molar-refractivity contribution in [3.8, 4) is 0 Å². The van der Waals surface area contributed by atoms with Gasteiger partial charge in [-0.25, -0.2) is 0 Å². The summed E-state index contributed by atoms with van der Waals surface area (Å²) in [6.07, 6.45) is 59.1. The summed E-state index contributed by atoms with van der Waals surface area (Å²) in [5.74, 6) is -0.245. The second kappa shape index (κ2) is 63.6. The highest BCUT2D eigenvalue weighted by Gasteiger charge is 2.54. The largest absolute Gasteiger partial charge is 0.394 e. The fraction of sp³-hybridized carbons (Fsp3) is 0.798. The van der Waals surface area contributed by atoms with Crippen LogP contribution in [-0.4, -0.2) is 193 Å². The Labute approximate surface area is 622 Å². The molecule has 3 saturated heterocycles. The molecule has 0 aromatic rings. The Morgan fingerprint density at radius 1 is 0.359 bits per heavy atom. The van der Waals surface area contributed by atoms with Crippen molar-refractivity contribution >= 4 is 5.91 Å². The van der Waals surface area contributed by atoms with Crippen molar-refractivity contribution in [1.82, 2.24) is 5.32 Å². The van der Waals surface area contributed by atoms with E-state index in [-0.39, 0.29) is 18.9 Å². The van der Waals surface area contributed by atoms with Crippen molar-refractivity contribution in [3.05, 3.63) is 97.2 Å². The van der Waals surface area contributed by atoms with Crippen molar-refractivity contribution in [2.24, 2.45) is 0 Å². The molecule has 19 heteroatoms. The Balaban J connectivity index is 1.34. The second-order valence-electron chi connectivity index (χ2n) is 28.9. The van der Waals surface area contributed by atoms with E-state index in [1.165, 1.54) is 161 Å². The average molecular weight is 1460 g/mol. The minimum absolute atomic E-state index is 0.245. The Morgan fingerprint density at radius 2 is 0.670 bits per heavy atom. The minimum Gasteiger partial charge on any atom is -0.394 e. The molecule has 17 unspecified atom stereocenters. The molecule has 103 heavy (non-hydrogen) atoms. The zero-order valence-corrected chi connectivity index (χ0v) is 63.8. The Kier molecular flexibility index (Phi) is 58.0. The van der Waals surface area contributed by atoms with E-state index < -0.39 is 124 Å². The van der Waals surface area contributed by atoms with Gasteiger partial charge in [-0.1, -0.05) is 310 Å². The average Bonchev–Trinajstić information content (AvgIpc) is 0.781. The van der Waals surface area contributed by atoms with Gasteiger partial charge in [0.1, 0.15) is 73.2 Å².